The summed E-state index contributed by atoms with van der Waals surface area (Å²) >= 11 is 0. The standard InChI is InChI=1S/C20H22N6O2S.C19H23FN6O2S.C19H26N6O2S.C18H21FN6O2S.C18H24N4O2S/c1-13-12-28-7-6-26(13)19-10-18(25-29(2,3)27)23-20(24-19)15-4-5-22-17-9-14(11-21)8-16(15)17;1-12-11-28-8-7-25(12)18-10-17(24-29(3,4)27)22-19(23-18)26-13(2)21-15-6-5-14(20)9-16(15)26;1-12-11-27-7-6-25(12)18-10-17(24-28(2,3)26)22-19(23-18)14-8-15(13-4-5-13)21-16(20)9-14;1-12-10-27-7-6-24(12)17-9-16(23-28(2,3)26)21-18(22-17)25-11-20-14-5-4-13(19)8-15(14)25;1-13-6-5-7-15(10-13)18-19-16(21-25(3,4)23)11-17(20-18)22-8-9-24-12-14(22)2/h4-5,8,10,13H,6-7,9,12H2,1-3H3;5-6,9-10,12H,7-8,11H2,1-4H3;8-10,12-13H,4-7,11H2,1-3H3,(H2,20,21);4-5,8-9,11-12H,6-7,10H2,1-3H3;5-7,10-11,14H,8-9,12H2,1-4H3/t13-;3*12-;14-/m11111/s1. The van der Waals surface area contributed by atoms with Gasteiger partial charge in [0.05, 0.1) is 130 Å². The summed E-state index contributed by atoms with van der Waals surface area (Å²) in [6.07, 6.45) is 23.7. The van der Waals surface area contributed by atoms with E-state index >= 15 is 0 Å². The van der Waals surface area contributed by atoms with Crippen LogP contribution in [0.1, 0.15) is 81.7 Å². The Morgan fingerprint density at radius 2 is 0.842 bits per heavy atom. The summed E-state index contributed by atoms with van der Waals surface area (Å²) in [6.45, 7) is 23.9. The molecule has 14 heterocycles. The van der Waals surface area contributed by atoms with Crippen LogP contribution in [0, 0.1) is 36.8 Å². The Hall–Kier alpha value is -12.3. The normalized spacial score (nSPS) is 18.6. The number of nitrogens with two attached hydrogens (primary N) is 1. The highest BCUT2D eigenvalue weighted by molar-refractivity contribution is 7.93. The molecule has 0 amide bonds. The van der Waals surface area contributed by atoms with Crippen molar-refractivity contribution in [2.24, 2.45) is 21.8 Å². The maximum Gasteiger partial charge on any atom is 0.239 e. The molecule has 7 aliphatic rings. The van der Waals surface area contributed by atoms with Gasteiger partial charge in [0.1, 0.15) is 58.7 Å². The van der Waals surface area contributed by atoms with Crippen LogP contribution in [0.25, 0.3) is 74.2 Å². The third kappa shape index (κ3) is 26.9. The SMILES string of the molecule is C[C@@H]1COCCN1c1cc(N=S(C)(C)=O)nc(-c2cc(N)nc(C3CC3)c2)n1.C[C@@H]1COCCN1c1cc(N=S(C)(C)=O)nc(-c2ccnc3c2C=C(C#N)C3)n1.C[C@@H]1COCCN1c1cc(N=S(C)(C)=O)nc(-n2cnc3ccc(F)cc32)n1.Cc1cccc(-c2nc(N=S(C)(C)=O)cc(N3CCOC[C@H]3C)n2)c1.Cc1nc2ccc(F)cc2n1-c1nc(N=S(C)(C)=O)cc(N2CCOC[C@H]2C)n1. The molecule has 3 aromatic carbocycles. The quantitative estimate of drug-likeness (QED) is 0.0938. The second kappa shape index (κ2) is 42.8. The molecule has 0 spiro atoms. The number of anilines is 6. The number of hydrogen-bond donors (Lipinski definition) is 1. The van der Waals surface area contributed by atoms with Gasteiger partial charge in [0.15, 0.2) is 46.6 Å². The van der Waals surface area contributed by atoms with Crippen LogP contribution < -0.4 is 30.2 Å². The van der Waals surface area contributed by atoms with E-state index in [-0.39, 0.29) is 41.8 Å². The van der Waals surface area contributed by atoms with E-state index in [1.54, 1.807) is 127 Å². The van der Waals surface area contributed by atoms with E-state index in [0.29, 0.717) is 207 Å². The Bertz CT molecular complexity index is 7380. The van der Waals surface area contributed by atoms with Crippen molar-refractivity contribution in [3.05, 3.63) is 167 Å². The third-order valence-corrected chi connectivity index (χ3v) is 25.7. The Kier molecular flexibility index (Phi) is 31.2. The number of hydrogen-bond acceptors (Lipinski definition) is 36. The second-order valence-electron chi connectivity index (χ2n) is 36.3. The van der Waals surface area contributed by atoms with Gasteiger partial charge in [0.2, 0.25) is 11.9 Å². The summed E-state index contributed by atoms with van der Waals surface area (Å²) in [4.78, 5) is 74.7. The molecule has 0 radical (unpaired) electrons. The Balaban J connectivity index is 0.000000132. The van der Waals surface area contributed by atoms with E-state index in [4.69, 9.17) is 49.4 Å². The molecule has 9 aromatic heterocycles. The van der Waals surface area contributed by atoms with E-state index in [0.717, 1.165) is 82.6 Å². The van der Waals surface area contributed by atoms with Gasteiger partial charge in [-0.25, -0.2) is 74.7 Å². The number of halogens is 2. The summed E-state index contributed by atoms with van der Waals surface area (Å²) in [6, 6.07) is 34.2. The molecule has 5 saturated heterocycles. The van der Waals surface area contributed by atoms with Gasteiger partial charge < -0.3 is 53.9 Å². The summed E-state index contributed by atoms with van der Waals surface area (Å²) in [5.41, 5.74) is 15.4. The number of aromatic nitrogens is 16. The fraction of sp³-hybridized carbons (Fsp3) is 0.436. The maximum atomic E-state index is 13.9. The minimum Gasteiger partial charge on any atom is -0.384 e. The molecule has 12 aromatic rings. The van der Waals surface area contributed by atoms with Gasteiger partial charge >= 0.3 is 0 Å². The van der Waals surface area contributed by atoms with Crippen molar-refractivity contribution in [3.63, 3.8) is 0 Å². The highest BCUT2D eigenvalue weighted by Crippen LogP contribution is 2.42. The molecule has 1 saturated carbocycles. The number of allylic oxidation sites excluding steroid dienone is 1. The first-order chi connectivity index (χ1) is 65.9. The maximum absolute atomic E-state index is 13.9. The molecule has 19 rings (SSSR count). The number of fused-ring (bicyclic) bond motifs is 3. The second-order valence-corrected chi connectivity index (χ2v) is 49.1. The molecule has 6 fully saturated rings. The number of pyridine rings is 2. The molecule has 2 N–H and O–H groups in total. The zero-order valence-electron chi connectivity index (χ0n) is 80.8. The average molecular weight is 2000 g/mol. The van der Waals surface area contributed by atoms with Crippen LogP contribution in [0.5, 0.6) is 0 Å². The van der Waals surface area contributed by atoms with Gasteiger partial charge in [-0.1, -0.05) is 23.8 Å². The van der Waals surface area contributed by atoms with Crippen molar-refractivity contribution < 1.29 is 53.5 Å². The molecule has 5 aliphatic heterocycles. The zero-order chi connectivity index (χ0) is 99.2. The molecule has 2 aliphatic carbocycles. The molecule has 38 nitrogen and oxygen atoms in total. The number of nitrogen functional groups attached to an aromatic ring is 1. The van der Waals surface area contributed by atoms with Gasteiger partial charge in [-0.05, 0) is 116 Å². The average Bonchev–Trinajstić information content (AvgIpc) is 1.64. The number of nitriles is 1. The molecule has 45 heteroatoms. The van der Waals surface area contributed by atoms with Gasteiger partial charge in [0.25, 0.3) is 0 Å². The number of benzene rings is 3. The van der Waals surface area contributed by atoms with Gasteiger partial charge in [0, 0.05) is 238 Å². The molecule has 139 heavy (non-hydrogen) atoms. The first kappa shape index (κ1) is 101. The summed E-state index contributed by atoms with van der Waals surface area (Å²) in [5, 5.41) is 9.27. The van der Waals surface area contributed by atoms with Crippen LogP contribution in [0.2, 0.25) is 0 Å². The van der Waals surface area contributed by atoms with Gasteiger partial charge in [-0.15, -0.1) is 0 Å². The van der Waals surface area contributed by atoms with Crippen LogP contribution in [0.4, 0.5) is 72.8 Å². The van der Waals surface area contributed by atoms with Gasteiger partial charge in [-0.3, -0.25) is 14.1 Å². The Morgan fingerprint density at radius 3 is 1.28 bits per heavy atom. The van der Waals surface area contributed by atoms with E-state index < -0.39 is 48.6 Å². The monoisotopic (exact) mass is 1990 g/mol. The smallest absolute Gasteiger partial charge is 0.239 e. The van der Waals surface area contributed by atoms with E-state index in [2.05, 4.69) is 123 Å². The third-order valence-electron chi connectivity index (χ3n) is 22.6. The highest BCUT2D eigenvalue weighted by atomic mass is 32.2. The largest absolute Gasteiger partial charge is 0.384 e. The van der Waals surface area contributed by atoms with E-state index in [1.807, 2.05) is 76.2 Å². The van der Waals surface area contributed by atoms with Crippen molar-refractivity contribution in [1.29, 1.82) is 5.26 Å². The summed E-state index contributed by atoms with van der Waals surface area (Å²) < 4.78 is 141. The minimum absolute atomic E-state index is 0.116. The lowest BCUT2D eigenvalue weighted by Gasteiger charge is -2.34. The molecule has 0 unspecified atom stereocenters. The van der Waals surface area contributed by atoms with E-state index in [1.165, 1.54) is 24.3 Å². The number of nitrogens with zero attached hydrogens (tertiary/aromatic N) is 27. The zero-order valence-corrected chi connectivity index (χ0v) is 84.9. The number of ether oxygens (including phenoxy) is 5. The molecular formula is C94H116F2N28O10S5. The minimum atomic E-state index is -2.43. The van der Waals surface area contributed by atoms with Crippen LogP contribution >= 0.6 is 0 Å². The highest BCUT2D eigenvalue weighted by Gasteiger charge is 2.32. The molecule has 5 atom stereocenters. The summed E-state index contributed by atoms with van der Waals surface area (Å²) in [5.74, 6) is 8.49. The predicted molar refractivity (Wildman–Crippen MR) is 543 cm³/mol. The summed E-state index contributed by atoms with van der Waals surface area (Å²) in [7, 11) is -11.9. The predicted octanol–water partition coefficient (Wildman–Crippen LogP) is 13.6. The first-order valence-electron chi connectivity index (χ1n) is 45.2. The first-order valence-corrected chi connectivity index (χ1v) is 56.9. The number of imidazole rings is 2. The topological polar surface area (TPSA) is 450 Å². The van der Waals surface area contributed by atoms with Crippen LogP contribution in [-0.4, -0.2) is 292 Å². The number of morpholine rings is 5. The lowest BCUT2D eigenvalue weighted by atomic mass is 10.1. The van der Waals surface area contributed by atoms with Crippen LogP contribution in [0.15, 0.2) is 149 Å². The molecular weight excluding hydrogens is 1880 g/mol. The van der Waals surface area contributed by atoms with E-state index in [9.17, 15) is 35.1 Å². The fourth-order valence-electron chi connectivity index (χ4n) is 16.2. The van der Waals surface area contributed by atoms with Crippen molar-refractivity contribution in [2.75, 3.05) is 192 Å². The van der Waals surface area contributed by atoms with Crippen molar-refractivity contribution in [3.8, 4) is 52.1 Å². The fourth-order valence-corrected chi connectivity index (χ4v) is 19.0. The Labute approximate surface area is 809 Å². The number of aryl methyl sites for hydroxylation is 2. The number of rotatable bonds is 16. The Morgan fingerprint density at radius 1 is 0.432 bits per heavy atom. The molecule has 0 bridgehead atoms. The van der Waals surface area contributed by atoms with Gasteiger partial charge in [-0.2, -0.15) is 47.0 Å². The van der Waals surface area contributed by atoms with Crippen molar-refractivity contribution in [1.82, 2.24) is 78.9 Å². The lowest BCUT2D eigenvalue weighted by Crippen LogP contribution is -2.44. The van der Waals surface area contributed by atoms with Crippen molar-refractivity contribution >= 4 is 141 Å². The molecule has 736 valence electrons. The van der Waals surface area contributed by atoms with Crippen LogP contribution in [-0.2, 0) is 78.8 Å². The van der Waals surface area contributed by atoms with Crippen molar-refractivity contribution in [2.45, 2.75) is 104 Å². The van der Waals surface area contributed by atoms with Crippen LogP contribution in [0.3, 0.4) is 0 Å². The lowest BCUT2D eigenvalue weighted by molar-refractivity contribution is 0.0985.